The maximum absolute atomic E-state index is 14.7. The monoisotopic (exact) mass is 491 g/mol. The lowest BCUT2D eigenvalue weighted by Crippen LogP contribution is -2.05. The van der Waals surface area contributed by atoms with Gasteiger partial charge in [0.1, 0.15) is 16.0 Å². The minimum atomic E-state index is -1.01. The predicted octanol–water partition coefficient (Wildman–Crippen LogP) is 8.72. The van der Waals surface area contributed by atoms with Crippen molar-refractivity contribution >= 4 is 40.5 Å². The number of benzene rings is 3. The summed E-state index contributed by atoms with van der Waals surface area (Å²) in [4.78, 5) is 0. The molecular formula is C26H22Cl3F2N. The number of hydrogen-bond acceptors (Lipinski definition) is 1. The summed E-state index contributed by atoms with van der Waals surface area (Å²) in [7, 11) is 0. The molecule has 0 aliphatic heterocycles. The standard InChI is InChI=1S/C26H22Cl3F2N/c1-13-9-17(11-18(27)10-13)24-23(26(24,28)29)16(4)32-19-6-5-14(2)21(12-19)20-7-8-22(30)15(3)25(20)31/h5-12,23-24,32H,4H2,1-3H3. The van der Waals surface area contributed by atoms with E-state index >= 15 is 0 Å². The van der Waals surface area contributed by atoms with Gasteiger partial charge >= 0.3 is 0 Å². The van der Waals surface area contributed by atoms with Crippen LogP contribution < -0.4 is 5.32 Å². The van der Waals surface area contributed by atoms with Crippen molar-refractivity contribution in [3.8, 4) is 11.1 Å². The Balaban J connectivity index is 1.61. The fourth-order valence-electron chi connectivity index (χ4n) is 4.24. The molecule has 1 nitrogen and oxygen atoms in total. The number of aryl methyl sites for hydroxylation is 2. The molecule has 0 saturated heterocycles. The minimum absolute atomic E-state index is 0.00336. The van der Waals surface area contributed by atoms with Crippen LogP contribution in [0.1, 0.15) is 28.2 Å². The third-order valence-corrected chi connectivity index (χ3v) is 7.16. The highest BCUT2D eigenvalue weighted by molar-refractivity contribution is 6.52. The van der Waals surface area contributed by atoms with Crippen LogP contribution in [-0.2, 0) is 0 Å². The first-order chi connectivity index (χ1) is 15.0. The van der Waals surface area contributed by atoms with Gasteiger partial charge in [-0.15, -0.1) is 23.2 Å². The van der Waals surface area contributed by atoms with Gasteiger partial charge in [0.15, 0.2) is 0 Å². The van der Waals surface area contributed by atoms with Gasteiger partial charge in [-0.05, 0) is 79.4 Å². The van der Waals surface area contributed by atoms with Gasteiger partial charge in [-0.25, -0.2) is 8.78 Å². The molecular weight excluding hydrogens is 471 g/mol. The summed E-state index contributed by atoms with van der Waals surface area (Å²) >= 11 is 19.4. The number of alkyl halides is 2. The Labute approximate surface area is 202 Å². The summed E-state index contributed by atoms with van der Waals surface area (Å²) < 4.78 is 27.5. The Kier molecular flexibility index (Phi) is 6.04. The van der Waals surface area contributed by atoms with Crippen LogP contribution >= 0.6 is 34.8 Å². The van der Waals surface area contributed by atoms with Crippen molar-refractivity contribution in [2.24, 2.45) is 5.92 Å². The zero-order valence-electron chi connectivity index (χ0n) is 17.9. The van der Waals surface area contributed by atoms with Crippen molar-refractivity contribution in [1.82, 2.24) is 0 Å². The molecule has 0 bridgehead atoms. The van der Waals surface area contributed by atoms with Crippen molar-refractivity contribution in [3.63, 3.8) is 0 Å². The molecule has 0 amide bonds. The molecule has 0 heterocycles. The summed E-state index contributed by atoms with van der Waals surface area (Å²) in [6.07, 6.45) is 0. The number of anilines is 1. The second kappa shape index (κ2) is 8.37. The van der Waals surface area contributed by atoms with E-state index in [1.807, 2.05) is 50.2 Å². The Morgan fingerprint density at radius 2 is 1.69 bits per heavy atom. The van der Waals surface area contributed by atoms with Crippen LogP contribution in [0, 0.1) is 38.3 Å². The molecule has 2 unspecified atom stereocenters. The van der Waals surface area contributed by atoms with Crippen molar-refractivity contribution in [2.75, 3.05) is 5.32 Å². The molecule has 32 heavy (non-hydrogen) atoms. The first-order valence-corrected chi connectivity index (χ1v) is 11.3. The maximum atomic E-state index is 14.7. The fraction of sp³-hybridized carbons (Fsp3) is 0.231. The van der Waals surface area contributed by atoms with Crippen molar-refractivity contribution < 1.29 is 8.78 Å². The van der Waals surface area contributed by atoms with E-state index in [-0.39, 0.29) is 17.4 Å². The van der Waals surface area contributed by atoms with Crippen molar-refractivity contribution in [3.05, 3.63) is 99.7 Å². The molecule has 1 saturated carbocycles. The van der Waals surface area contributed by atoms with Crippen LogP contribution in [0.5, 0.6) is 0 Å². The summed E-state index contributed by atoms with van der Waals surface area (Å²) in [6, 6.07) is 14.1. The summed E-state index contributed by atoms with van der Waals surface area (Å²) in [6.45, 7) is 9.44. The quantitative estimate of drug-likeness (QED) is 0.351. The van der Waals surface area contributed by atoms with E-state index in [9.17, 15) is 8.78 Å². The maximum Gasteiger partial charge on any atom is 0.136 e. The normalized spacial score (nSPS) is 19.0. The number of hydrogen-bond donors (Lipinski definition) is 1. The van der Waals surface area contributed by atoms with Gasteiger partial charge in [-0.2, -0.15) is 0 Å². The number of nitrogens with one attached hydrogen (secondary N) is 1. The van der Waals surface area contributed by atoms with Gasteiger partial charge in [-0.1, -0.05) is 30.3 Å². The van der Waals surface area contributed by atoms with Gasteiger partial charge in [0.05, 0.1) is 0 Å². The SMILES string of the molecule is C=C(Nc1ccc(C)c(-c2ccc(F)c(C)c2F)c1)C1C(c2cc(C)cc(Cl)c2)C1(Cl)Cl. The fourth-order valence-corrected chi connectivity index (χ4v) is 5.43. The number of halogens is 5. The summed E-state index contributed by atoms with van der Waals surface area (Å²) in [5.41, 5.74) is 5.24. The van der Waals surface area contributed by atoms with Crippen molar-refractivity contribution in [2.45, 2.75) is 31.0 Å². The molecule has 0 radical (unpaired) electrons. The highest BCUT2D eigenvalue weighted by Crippen LogP contribution is 2.67. The average molecular weight is 493 g/mol. The Morgan fingerprint density at radius 3 is 2.38 bits per heavy atom. The molecule has 2 atom stereocenters. The molecule has 166 valence electrons. The van der Waals surface area contributed by atoms with Crippen LogP contribution in [0.15, 0.2) is 60.8 Å². The third kappa shape index (κ3) is 4.14. The van der Waals surface area contributed by atoms with E-state index in [2.05, 4.69) is 11.9 Å². The van der Waals surface area contributed by atoms with Crippen LogP contribution in [0.3, 0.4) is 0 Å². The minimum Gasteiger partial charge on any atom is -0.359 e. The summed E-state index contributed by atoms with van der Waals surface area (Å²) in [5, 5.41) is 3.91. The van der Waals surface area contributed by atoms with E-state index in [1.165, 1.54) is 19.1 Å². The first kappa shape index (κ1) is 23.1. The predicted molar refractivity (Wildman–Crippen MR) is 131 cm³/mol. The Hall–Kier alpha value is -2.07. The Morgan fingerprint density at radius 1 is 0.969 bits per heavy atom. The topological polar surface area (TPSA) is 12.0 Å². The molecule has 1 aliphatic carbocycles. The number of rotatable bonds is 5. The molecule has 3 aromatic rings. The van der Waals surface area contributed by atoms with E-state index in [4.69, 9.17) is 34.8 Å². The number of allylic oxidation sites excluding steroid dienone is 1. The first-order valence-electron chi connectivity index (χ1n) is 10.2. The molecule has 1 fully saturated rings. The second-order valence-corrected chi connectivity index (χ2v) is 10.3. The van der Waals surface area contributed by atoms with Gasteiger partial charge in [0.25, 0.3) is 0 Å². The summed E-state index contributed by atoms with van der Waals surface area (Å²) in [5.74, 6) is -1.50. The average Bonchev–Trinajstić information content (AvgIpc) is 3.29. The van der Waals surface area contributed by atoms with Gasteiger partial charge in [-0.3, -0.25) is 0 Å². The molecule has 6 heteroatoms. The molecule has 0 aromatic heterocycles. The molecule has 1 N–H and O–H groups in total. The molecule has 3 aromatic carbocycles. The zero-order chi connectivity index (χ0) is 23.4. The van der Waals surface area contributed by atoms with Gasteiger partial charge in [0.2, 0.25) is 0 Å². The van der Waals surface area contributed by atoms with E-state index in [0.29, 0.717) is 27.5 Å². The highest BCUT2D eigenvalue weighted by Gasteiger charge is 2.65. The third-order valence-electron chi connectivity index (χ3n) is 6.01. The zero-order valence-corrected chi connectivity index (χ0v) is 20.1. The van der Waals surface area contributed by atoms with Gasteiger partial charge < -0.3 is 5.32 Å². The van der Waals surface area contributed by atoms with Gasteiger partial charge in [0, 0.05) is 39.4 Å². The van der Waals surface area contributed by atoms with Crippen molar-refractivity contribution in [1.29, 1.82) is 0 Å². The van der Waals surface area contributed by atoms with Crippen LogP contribution in [0.25, 0.3) is 11.1 Å². The van der Waals surface area contributed by atoms with Crippen LogP contribution in [-0.4, -0.2) is 4.33 Å². The van der Waals surface area contributed by atoms with Crippen LogP contribution in [0.4, 0.5) is 14.5 Å². The van der Waals surface area contributed by atoms with Crippen LogP contribution in [0.2, 0.25) is 5.02 Å². The van der Waals surface area contributed by atoms with E-state index in [0.717, 1.165) is 16.7 Å². The molecule has 4 rings (SSSR count). The second-order valence-electron chi connectivity index (χ2n) is 8.41. The van der Waals surface area contributed by atoms with E-state index in [1.54, 1.807) is 0 Å². The largest absolute Gasteiger partial charge is 0.359 e. The van der Waals surface area contributed by atoms with E-state index < -0.39 is 16.0 Å². The molecule has 0 spiro atoms. The lowest BCUT2D eigenvalue weighted by atomic mass is 9.97. The molecule has 1 aliphatic rings. The smallest absolute Gasteiger partial charge is 0.136 e. The lowest BCUT2D eigenvalue weighted by Gasteiger charge is -2.15. The lowest BCUT2D eigenvalue weighted by molar-refractivity contribution is 0.570. The Bertz CT molecular complexity index is 1220. The highest BCUT2D eigenvalue weighted by atomic mass is 35.5.